The van der Waals surface area contributed by atoms with Crippen molar-refractivity contribution in [2.75, 3.05) is 20.2 Å². The molecule has 1 aliphatic heterocycles. The van der Waals surface area contributed by atoms with Gasteiger partial charge in [-0.05, 0) is 19.3 Å². The maximum Gasteiger partial charge on any atom is 0.317 e. The van der Waals surface area contributed by atoms with Crippen LogP contribution in [0.5, 0.6) is 0 Å². The van der Waals surface area contributed by atoms with Gasteiger partial charge >= 0.3 is 12.0 Å². The summed E-state index contributed by atoms with van der Waals surface area (Å²) in [7, 11) is 1.45. The molecule has 104 valence electrons. The third kappa shape index (κ3) is 4.18. The highest BCUT2D eigenvalue weighted by atomic mass is 16.5. The highest BCUT2D eigenvalue weighted by molar-refractivity contribution is 5.75. The van der Waals surface area contributed by atoms with E-state index in [9.17, 15) is 9.59 Å². The highest BCUT2D eigenvalue weighted by Crippen LogP contribution is 2.19. The van der Waals surface area contributed by atoms with Crippen molar-refractivity contribution in [1.29, 1.82) is 0 Å². The van der Waals surface area contributed by atoms with E-state index in [1.165, 1.54) is 7.11 Å². The fourth-order valence-corrected chi connectivity index (χ4v) is 2.26. The van der Waals surface area contributed by atoms with Gasteiger partial charge in [-0.3, -0.25) is 4.79 Å². The van der Waals surface area contributed by atoms with Crippen molar-refractivity contribution in [2.45, 2.75) is 44.8 Å². The number of carboxylic acids is 1. The van der Waals surface area contributed by atoms with Crippen LogP contribution in [0.3, 0.4) is 0 Å². The van der Waals surface area contributed by atoms with Crippen LogP contribution in [0.15, 0.2) is 0 Å². The van der Waals surface area contributed by atoms with E-state index in [1.54, 1.807) is 0 Å². The van der Waals surface area contributed by atoms with E-state index in [4.69, 9.17) is 9.84 Å². The van der Waals surface area contributed by atoms with Crippen LogP contribution >= 0.6 is 0 Å². The quantitative estimate of drug-likeness (QED) is 0.746. The maximum absolute atomic E-state index is 11.9. The first kappa shape index (κ1) is 14.8. The number of urea groups is 1. The van der Waals surface area contributed by atoms with Crippen LogP contribution in [0.2, 0.25) is 0 Å². The van der Waals surface area contributed by atoms with Gasteiger partial charge < -0.3 is 20.1 Å². The van der Waals surface area contributed by atoms with Crippen molar-refractivity contribution in [3.63, 3.8) is 0 Å². The molecule has 18 heavy (non-hydrogen) atoms. The lowest BCUT2D eigenvalue weighted by atomic mass is 10.2. The Labute approximate surface area is 107 Å². The molecular weight excluding hydrogens is 236 g/mol. The molecule has 1 rings (SSSR count). The number of aliphatic carboxylic acids is 1. The molecule has 2 atom stereocenters. The Morgan fingerprint density at radius 2 is 2.28 bits per heavy atom. The minimum atomic E-state index is -0.927. The predicted molar refractivity (Wildman–Crippen MR) is 66.5 cm³/mol. The average Bonchev–Trinajstić information content (AvgIpc) is 2.81. The lowest BCUT2D eigenvalue weighted by molar-refractivity contribution is -0.139. The van der Waals surface area contributed by atoms with Gasteiger partial charge in [-0.15, -0.1) is 0 Å². The smallest absolute Gasteiger partial charge is 0.317 e. The molecule has 0 radical (unpaired) electrons. The summed E-state index contributed by atoms with van der Waals surface area (Å²) >= 11 is 0. The summed E-state index contributed by atoms with van der Waals surface area (Å²) in [4.78, 5) is 24.3. The number of rotatable bonds is 6. The lowest BCUT2D eigenvalue weighted by Crippen LogP contribution is -2.45. The Balaban J connectivity index is 2.37. The van der Waals surface area contributed by atoms with Gasteiger partial charge in [-0.25, -0.2) is 4.79 Å². The van der Waals surface area contributed by atoms with Crippen molar-refractivity contribution in [1.82, 2.24) is 10.2 Å². The third-order valence-electron chi connectivity index (χ3n) is 3.33. The molecular formula is C12H22N2O4. The molecule has 0 aromatic rings. The molecule has 0 aromatic carbocycles. The van der Waals surface area contributed by atoms with Crippen LogP contribution in [0, 0.1) is 0 Å². The number of hydrogen-bond donors (Lipinski definition) is 2. The molecule has 2 unspecified atom stereocenters. The molecule has 1 aliphatic rings. The standard InChI is InChI=1S/C12H22N2O4/c1-3-9-5-4-6-14(9)12(17)13-8-10(18-2)7-11(15)16/h9-10H,3-8H2,1-2H3,(H,13,17)(H,15,16). The number of carbonyl (C=O) groups excluding carboxylic acids is 1. The number of carboxylic acid groups (broad SMARTS) is 1. The van der Waals surface area contributed by atoms with Gasteiger partial charge in [0.2, 0.25) is 0 Å². The van der Waals surface area contributed by atoms with Crippen LogP contribution in [0.4, 0.5) is 4.79 Å². The van der Waals surface area contributed by atoms with Crippen molar-refractivity contribution < 1.29 is 19.4 Å². The molecule has 6 nitrogen and oxygen atoms in total. The molecule has 1 heterocycles. The summed E-state index contributed by atoms with van der Waals surface area (Å²) in [6.07, 6.45) is 2.46. The molecule has 2 amide bonds. The zero-order valence-corrected chi connectivity index (χ0v) is 11.0. The molecule has 1 fully saturated rings. The Bertz CT molecular complexity index is 296. The molecule has 0 spiro atoms. The second-order valence-corrected chi connectivity index (χ2v) is 4.54. The maximum atomic E-state index is 11.9. The molecule has 1 saturated heterocycles. The monoisotopic (exact) mass is 258 g/mol. The van der Waals surface area contributed by atoms with Gasteiger partial charge in [0.1, 0.15) is 0 Å². The SMILES string of the molecule is CCC1CCCN1C(=O)NCC(CC(=O)O)OC. The van der Waals surface area contributed by atoms with E-state index >= 15 is 0 Å². The molecule has 0 aromatic heterocycles. The molecule has 6 heteroatoms. The summed E-state index contributed by atoms with van der Waals surface area (Å²) in [6, 6.07) is 0.192. The van der Waals surface area contributed by atoms with Gasteiger partial charge in [0.25, 0.3) is 0 Å². The first-order valence-electron chi connectivity index (χ1n) is 6.37. The number of methoxy groups -OCH3 is 1. The summed E-state index contributed by atoms with van der Waals surface area (Å²) in [5.74, 6) is -0.927. The average molecular weight is 258 g/mol. The van der Waals surface area contributed by atoms with Crippen LogP contribution in [-0.4, -0.2) is 54.4 Å². The third-order valence-corrected chi connectivity index (χ3v) is 3.33. The number of hydrogen-bond acceptors (Lipinski definition) is 3. The second kappa shape index (κ2) is 7.20. The van der Waals surface area contributed by atoms with Crippen molar-refractivity contribution in [3.8, 4) is 0 Å². The van der Waals surface area contributed by atoms with Crippen LogP contribution in [-0.2, 0) is 9.53 Å². The van der Waals surface area contributed by atoms with Crippen molar-refractivity contribution in [2.24, 2.45) is 0 Å². The zero-order valence-electron chi connectivity index (χ0n) is 11.0. The lowest BCUT2D eigenvalue weighted by Gasteiger charge is -2.25. The molecule has 2 N–H and O–H groups in total. The number of likely N-dealkylation sites (tertiary alicyclic amines) is 1. The topological polar surface area (TPSA) is 78.9 Å². The van der Waals surface area contributed by atoms with E-state index in [-0.39, 0.29) is 19.0 Å². The van der Waals surface area contributed by atoms with E-state index in [1.807, 2.05) is 4.90 Å². The van der Waals surface area contributed by atoms with Gasteiger partial charge in [0.05, 0.1) is 12.5 Å². The largest absolute Gasteiger partial charge is 0.481 e. The van der Waals surface area contributed by atoms with Crippen molar-refractivity contribution in [3.05, 3.63) is 0 Å². The second-order valence-electron chi connectivity index (χ2n) is 4.54. The van der Waals surface area contributed by atoms with Crippen LogP contribution in [0.1, 0.15) is 32.6 Å². The molecule has 0 saturated carbocycles. The molecule has 0 aliphatic carbocycles. The minimum Gasteiger partial charge on any atom is -0.481 e. The normalized spacial score (nSPS) is 20.8. The Kier molecular flexibility index (Phi) is 5.91. The van der Waals surface area contributed by atoms with Crippen molar-refractivity contribution >= 4 is 12.0 Å². The summed E-state index contributed by atoms with van der Waals surface area (Å²) in [5, 5.41) is 11.4. The minimum absolute atomic E-state index is 0.103. The number of carbonyl (C=O) groups is 2. The fraction of sp³-hybridized carbons (Fsp3) is 0.833. The number of ether oxygens (including phenoxy) is 1. The van der Waals surface area contributed by atoms with E-state index < -0.39 is 12.1 Å². The first-order chi connectivity index (χ1) is 8.58. The van der Waals surface area contributed by atoms with Crippen LogP contribution in [0.25, 0.3) is 0 Å². The Morgan fingerprint density at radius 1 is 1.56 bits per heavy atom. The predicted octanol–water partition coefficient (Wildman–Crippen LogP) is 1.06. The number of nitrogens with one attached hydrogen (secondary N) is 1. The number of nitrogens with zero attached hydrogens (tertiary/aromatic N) is 1. The first-order valence-corrected chi connectivity index (χ1v) is 6.37. The van der Waals surface area contributed by atoms with Gasteiger partial charge in [-0.1, -0.05) is 6.92 Å². The number of amides is 2. The van der Waals surface area contributed by atoms with Gasteiger partial charge in [-0.2, -0.15) is 0 Å². The molecule has 0 bridgehead atoms. The van der Waals surface area contributed by atoms with Gasteiger partial charge in [0.15, 0.2) is 0 Å². The highest BCUT2D eigenvalue weighted by Gasteiger charge is 2.27. The fourth-order valence-electron chi connectivity index (χ4n) is 2.26. The van der Waals surface area contributed by atoms with E-state index in [0.717, 1.165) is 25.8 Å². The summed E-state index contributed by atoms with van der Waals surface area (Å²) < 4.78 is 5.01. The Morgan fingerprint density at radius 3 is 2.83 bits per heavy atom. The van der Waals surface area contributed by atoms with Gasteiger partial charge in [0, 0.05) is 26.2 Å². The van der Waals surface area contributed by atoms with Crippen LogP contribution < -0.4 is 5.32 Å². The van der Waals surface area contributed by atoms with E-state index in [2.05, 4.69) is 12.2 Å². The Hall–Kier alpha value is -1.30. The summed E-state index contributed by atoms with van der Waals surface area (Å²) in [5.41, 5.74) is 0. The zero-order chi connectivity index (χ0) is 13.5. The summed E-state index contributed by atoms with van der Waals surface area (Å²) in [6.45, 7) is 3.08. The van der Waals surface area contributed by atoms with E-state index in [0.29, 0.717) is 6.04 Å².